The van der Waals surface area contributed by atoms with Crippen LogP contribution in [-0.2, 0) is 7.05 Å². The van der Waals surface area contributed by atoms with Crippen LogP contribution in [0.2, 0.25) is 0 Å². The van der Waals surface area contributed by atoms with Crippen molar-refractivity contribution in [1.29, 1.82) is 0 Å². The molecule has 1 aliphatic rings. The molecule has 134 valence electrons. The number of pyridine rings is 1. The SMILES string of the molecule is Cc1cc(C)c(C)c(-c2ccc3c(C4CCCC4)c(F)ccc3[n+]2C)c1. The number of benzene rings is 2. The molecule has 1 nitrogen and oxygen atoms in total. The summed E-state index contributed by atoms with van der Waals surface area (Å²) in [7, 11) is 2.10. The molecule has 3 aromatic rings. The summed E-state index contributed by atoms with van der Waals surface area (Å²) in [6.45, 7) is 6.49. The molecule has 2 heteroatoms. The van der Waals surface area contributed by atoms with Gasteiger partial charge in [-0.3, -0.25) is 0 Å². The molecule has 0 aliphatic heterocycles. The molecule has 26 heavy (non-hydrogen) atoms. The van der Waals surface area contributed by atoms with E-state index in [9.17, 15) is 4.39 Å². The lowest BCUT2D eigenvalue weighted by molar-refractivity contribution is -0.633. The molecule has 2 aromatic carbocycles. The Balaban J connectivity index is 1.96. The molecule has 0 spiro atoms. The van der Waals surface area contributed by atoms with Gasteiger partial charge in [0.05, 0.1) is 5.39 Å². The molecule has 1 fully saturated rings. The molecule has 1 heterocycles. The van der Waals surface area contributed by atoms with Crippen LogP contribution < -0.4 is 4.57 Å². The van der Waals surface area contributed by atoms with Gasteiger partial charge in [0, 0.05) is 23.3 Å². The van der Waals surface area contributed by atoms with Gasteiger partial charge in [-0.15, -0.1) is 0 Å². The van der Waals surface area contributed by atoms with Crippen LogP contribution in [0.5, 0.6) is 0 Å². The van der Waals surface area contributed by atoms with Crippen LogP contribution in [0.15, 0.2) is 36.4 Å². The van der Waals surface area contributed by atoms with E-state index in [0.29, 0.717) is 5.92 Å². The summed E-state index contributed by atoms with van der Waals surface area (Å²) < 4.78 is 16.9. The average Bonchev–Trinajstić information content (AvgIpc) is 3.12. The van der Waals surface area contributed by atoms with Gasteiger partial charge < -0.3 is 0 Å². The van der Waals surface area contributed by atoms with Crippen molar-refractivity contribution in [3.63, 3.8) is 0 Å². The summed E-state index contributed by atoms with van der Waals surface area (Å²) in [5.74, 6) is 0.326. The number of hydrogen-bond donors (Lipinski definition) is 0. The number of aromatic nitrogens is 1. The van der Waals surface area contributed by atoms with E-state index in [-0.39, 0.29) is 5.82 Å². The van der Waals surface area contributed by atoms with Crippen molar-refractivity contribution < 1.29 is 8.96 Å². The first-order valence-corrected chi connectivity index (χ1v) is 9.66. The lowest BCUT2D eigenvalue weighted by Crippen LogP contribution is -2.32. The van der Waals surface area contributed by atoms with Crippen molar-refractivity contribution in [2.75, 3.05) is 0 Å². The second-order valence-electron chi connectivity index (χ2n) is 7.91. The van der Waals surface area contributed by atoms with E-state index in [1.165, 1.54) is 40.8 Å². The van der Waals surface area contributed by atoms with Gasteiger partial charge in [-0.25, -0.2) is 4.39 Å². The van der Waals surface area contributed by atoms with Crippen molar-refractivity contribution in [3.8, 4) is 11.3 Å². The number of nitrogens with zero attached hydrogens (tertiary/aromatic N) is 1. The van der Waals surface area contributed by atoms with E-state index in [2.05, 4.69) is 56.7 Å². The fraction of sp³-hybridized carbons (Fsp3) is 0.375. The average molecular weight is 348 g/mol. The van der Waals surface area contributed by atoms with E-state index in [4.69, 9.17) is 0 Å². The topological polar surface area (TPSA) is 3.88 Å². The third-order valence-corrected chi connectivity index (χ3v) is 6.19. The van der Waals surface area contributed by atoms with Gasteiger partial charge in [0.15, 0.2) is 0 Å². The van der Waals surface area contributed by atoms with Crippen LogP contribution in [0.1, 0.15) is 53.9 Å². The summed E-state index contributed by atoms with van der Waals surface area (Å²) in [4.78, 5) is 0. The lowest BCUT2D eigenvalue weighted by atomic mass is 9.92. The third kappa shape index (κ3) is 2.72. The fourth-order valence-electron chi connectivity index (χ4n) is 4.68. The van der Waals surface area contributed by atoms with Crippen molar-refractivity contribution >= 4 is 10.9 Å². The highest BCUT2D eigenvalue weighted by Crippen LogP contribution is 2.39. The lowest BCUT2D eigenvalue weighted by Gasteiger charge is -2.15. The van der Waals surface area contributed by atoms with E-state index in [1.54, 1.807) is 6.07 Å². The zero-order valence-corrected chi connectivity index (χ0v) is 16.2. The molecule has 4 rings (SSSR count). The summed E-state index contributed by atoms with van der Waals surface area (Å²) in [6, 6.07) is 12.4. The monoisotopic (exact) mass is 348 g/mol. The Labute approximate surface area is 155 Å². The second kappa shape index (κ2) is 6.50. The van der Waals surface area contributed by atoms with Gasteiger partial charge in [-0.2, -0.15) is 4.57 Å². The molecule has 1 aromatic heterocycles. The molecule has 0 amide bonds. The number of fused-ring (bicyclic) bond motifs is 1. The van der Waals surface area contributed by atoms with E-state index in [1.807, 2.05) is 6.07 Å². The Morgan fingerprint density at radius 3 is 2.42 bits per heavy atom. The van der Waals surface area contributed by atoms with Crippen LogP contribution in [-0.4, -0.2) is 0 Å². The van der Waals surface area contributed by atoms with E-state index >= 15 is 0 Å². The van der Waals surface area contributed by atoms with Gasteiger partial charge in [-0.1, -0.05) is 24.5 Å². The Bertz CT molecular complexity index is 997. The van der Waals surface area contributed by atoms with Crippen LogP contribution in [0.3, 0.4) is 0 Å². The number of rotatable bonds is 2. The highest BCUT2D eigenvalue weighted by Gasteiger charge is 2.26. The van der Waals surface area contributed by atoms with Gasteiger partial charge in [-0.05, 0) is 68.9 Å². The smallest absolute Gasteiger partial charge is 0.207 e. The van der Waals surface area contributed by atoms with Crippen molar-refractivity contribution in [2.24, 2.45) is 7.05 Å². The minimum absolute atomic E-state index is 0.0419. The van der Waals surface area contributed by atoms with Crippen molar-refractivity contribution in [2.45, 2.75) is 52.4 Å². The van der Waals surface area contributed by atoms with Crippen LogP contribution in [0.4, 0.5) is 4.39 Å². The predicted molar refractivity (Wildman–Crippen MR) is 106 cm³/mol. The van der Waals surface area contributed by atoms with E-state index in [0.717, 1.165) is 29.3 Å². The Morgan fingerprint density at radius 2 is 1.69 bits per heavy atom. The first-order valence-electron chi connectivity index (χ1n) is 9.66. The molecule has 0 bridgehead atoms. The van der Waals surface area contributed by atoms with Gasteiger partial charge in [0.2, 0.25) is 11.2 Å². The quantitative estimate of drug-likeness (QED) is 0.496. The maximum absolute atomic E-state index is 14.7. The molecule has 1 aliphatic carbocycles. The first-order chi connectivity index (χ1) is 12.5. The highest BCUT2D eigenvalue weighted by atomic mass is 19.1. The zero-order valence-electron chi connectivity index (χ0n) is 16.2. The summed E-state index contributed by atoms with van der Waals surface area (Å²) >= 11 is 0. The fourth-order valence-corrected chi connectivity index (χ4v) is 4.68. The zero-order chi connectivity index (χ0) is 18.4. The molecular weight excluding hydrogens is 321 g/mol. The van der Waals surface area contributed by atoms with Crippen molar-refractivity contribution in [1.82, 2.24) is 0 Å². The van der Waals surface area contributed by atoms with Gasteiger partial charge in [0.25, 0.3) is 0 Å². The number of hydrogen-bond acceptors (Lipinski definition) is 0. The molecule has 0 saturated heterocycles. The van der Waals surface area contributed by atoms with Gasteiger partial charge in [0.1, 0.15) is 12.9 Å². The Morgan fingerprint density at radius 1 is 0.962 bits per heavy atom. The Hall–Kier alpha value is -2.22. The largest absolute Gasteiger partial charge is 0.213 e. The maximum Gasteiger partial charge on any atom is 0.213 e. The molecule has 0 N–H and O–H groups in total. The predicted octanol–water partition coefficient (Wildman–Crippen LogP) is 6.05. The molecule has 0 radical (unpaired) electrons. The number of halogens is 1. The number of aryl methyl sites for hydroxylation is 3. The minimum atomic E-state index is -0.0419. The van der Waals surface area contributed by atoms with E-state index < -0.39 is 0 Å². The summed E-state index contributed by atoms with van der Waals surface area (Å²) in [5, 5.41) is 1.07. The maximum atomic E-state index is 14.7. The minimum Gasteiger partial charge on any atom is -0.207 e. The molecule has 1 saturated carbocycles. The summed E-state index contributed by atoms with van der Waals surface area (Å²) in [6.07, 6.45) is 4.65. The van der Waals surface area contributed by atoms with Gasteiger partial charge >= 0.3 is 0 Å². The molecule has 0 atom stereocenters. The summed E-state index contributed by atoms with van der Waals surface area (Å²) in [5.41, 5.74) is 8.39. The standard InChI is InChI=1S/C24H27FN/c1-15-13-16(2)17(3)20(14-15)23-11-9-19-22(26(23)4)12-10-21(25)24(19)18-7-5-6-8-18/h9-14,18H,5-8H2,1-4H3/q+1. The van der Waals surface area contributed by atoms with Crippen molar-refractivity contribution in [3.05, 3.63) is 64.5 Å². The second-order valence-corrected chi connectivity index (χ2v) is 7.91. The molecule has 0 unspecified atom stereocenters. The van der Waals surface area contributed by atoms with Crippen LogP contribution in [0, 0.1) is 26.6 Å². The van der Waals surface area contributed by atoms with Crippen LogP contribution in [0.25, 0.3) is 22.2 Å². The Kier molecular flexibility index (Phi) is 4.30. The third-order valence-electron chi connectivity index (χ3n) is 6.19. The molecular formula is C24H27FN+. The first kappa shape index (κ1) is 17.2. The highest BCUT2D eigenvalue weighted by molar-refractivity contribution is 5.82. The van der Waals surface area contributed by atoms with Crippen LogP contribution >= 0.6 is 0 Å². The normalized spacial score (nSPS) is 15.1.